The minimum atomic E-state index is -0.501. The zero-order valence-corrected chi connectivity index (χ0v) is 18.1. The summed E-state index contributed by atoms with van der Waals surface area (Å²) in [5.74, 6) is 0.0630. The molecule has 0 saturated carbocycles. The number of guanidine groups is 1. The zero-order valence-electron chi connectivity index (χ0n) is 15.1. The normalized spacial score (nSPS) is 17.7. The average molecular weight is 412 g/mol. The van der Waals surface area contributed by atoms with Crippen molar-refractivity contribution in [1.29, 1.82) is 0 Å². The van der Waals surface area contributed by atoms with Crippen molar-refractivity contribution < 1.29 is 29.7 Å². The molecule has 1 amide bonds. The summed E-state index contributed by atoms with van der Waals surface area (Å²) in [5, 5.41) is 10.00. The van der Waals surface area contributed by atoms with Crippen molar-refractivity contribution in [3.05, 3.63) is 0 Å². The van der Waals surface area contributed by atoms with E-state index in [9.17, 15) is 4.79 Å². The fourth-order valence-corrected chi connectivity index (χ4v) is 2.37. The Morgan fingerprint density at radius 2 is 1.48 bits per heavy atom. The largest absolute Gasteiger partial charge is 2.00 e. The number of aliphatic imine (C=N–C) groups is 1. The van der Waals surface area contributed by atoms with Crippen molar-refractivity contribution in [3.8, 4) is 0 Å². The van der Waals surface area contributed by atoms with E-state index in [-0.39, 0.29) is 36.8 Å². The van der Waals surface area contributed by atoms with Crippen molar-refractivity contribution in [3.63, 3.8) is 0 Å². The van der Waals surface area contributed by atoms with Crippen LogP contribution in [0.2, 0.25) is 0 Å². The number of nitrogens with two attached hydrogens (primary N) is 3. The molecular weight excluding hydrogens is 378 g/mol. The van der Waals surface area contributed by atoms with E-state index in [1.165, 1.54) is 0 Å². The Labute approximate surface area is 162 Å². The van der Waals surface area contributed by atoms with E-state index in [0.717, 1.165) is 39.3 Å². The third-order valence-corrected chi connectivity index (χ3v) is 3.67. The Kier molecular flexibility index (Phi) is 17.5. The maximum absolute atomic E-state index is 12.5. The smallest absolute Gasteiger partial charge is 0.412 e. The van der Waals surface area contributed by atoms with Gasteiger partial charge in [0.2, 0.25) is 5.91 Å². The molecule has 0 bridgehead atoms. The predicted octanol–water partition coefficient (Wildman–Crippen LogP) is -3.85. The third kappa shape index (κ3) is 13.1. The molecule has 11 N–H and O–H groups in total. The van der Waals surface area contributed by atoms with Crippen molar-refractivity contribution in [2.45, 2.75) is 18.9 Å². The number of nitrogens with zero attached hydrogens (tertiary/aromatic N) is 2. The van der Waals surface area contributed by atoms with Crippen LogP contribution < -0.4 is 33.2 Å². The molecule has 1 aliphatic heterocycles. The number of hydrogen-bond acceptors (Lipinski definition) is 6. The second-order valence-electron chi connectivity index (χ2n) is 5.63. The summed E-state index contributed by atoms with van der Waals surface area (Å²) in [5.41, 5.74) is 16.6. The van der Waals surface area contributed by atoms with Gasteiger partial charge in [-0.15, -0.1) is 0 Å². The first-order valence-corrected chi connectivity index (χ1v) is 8.33. The van der Waals surface area contributed by atoms with Crippen LogP contribution in [0, 0.1) is 0 Å². The molecule has 0 aliphatic carbocycles. The van der Waals surface area contributed by atoms with E-state index >= 15 is 0 Å². The van der Waals surface area contributed by atoms with Gasteiger partial charge in [0.05, 0.1) is 6.04 Å². The second kappa shape index (κ2) is 16.6. The van der Waals surface area contributed by atoms with Gasteiger partial charge < -0.3 is 43.5 Å². The van der Waals surface area contributed by atoms with E-state index in [4.69, 9.17) is 17.2 Å². The van der Waals surface area contributed by atoms with Crippen LogP contribution in [0.4, 0.5) is 0 Å². The summed E-state index contributed by atoms with van der Waals surface area (Å²) in [7, 11) is 0. The Hall–Kier alpha value is -0.837. The fraction of sp³-hybridized carbons (Fsp3) is 0.857. The van der Waals surface area contributed by atoms with E-state index in [2.05, 4.69) is 20.9 Å². The standard InChI is InChI=1S/C14H32N8O.H2O.Zn/c15-12(2-1-3-21-14(16)17)13(23)22-10-8-19-6-4-18-5-7-20-9-11-22;;/h12,18-20H,1-11,15H2,(H4,16,17,21);1H2;/q;;+2/t12-;;/m0../s1. The molecule has 0 unspecified atom stereocenters. The molecule has 1 heterocycles. The monoisotopic (exact) mass is 410 g/mol. The van der Waals surface area contributed by atoms with Crippen molar-refractivity contribution >= 4 is 11.9 Å². The minimum absolute atomic E-state index is 0. The van der Waals surface area contributed by atoms with Crippen LogP contribution in [-0.2, 0) is 24.3 Å². The van der Waals surface area contributed by atoms with Crippen molar-refractivity contribution in [1.82, 2.24) is 20.9 Å². The van der Waals surface area contributed by atoms with Gasteiger partial charge in [-0.3, -0.25) is 9.79 Å². The third-order valence-electron chi connectivity index (χ3n) is 3.67. The maximum Gasteiger partial charge on any atom is 2.00 e. The van der Waals surface area contributed by atoms with E-state index in [1.807, 2.05) is 4.90 Å². The minimum Gasteiger partial charge on any atom is -0.412 e. The molecular formula is C14H34N8O2Zn+2. The molecule has 1 fully saturated rings. The summed E-state index contributed by atoms with van der Waals surface area (Å²) >= 11 is 0. The molecule has 0 aromatic rings. The molecule has 1 atom stereocenters. The topological polar surface area (TPSA) is 178 Å². The van der Waals surface area contributed by atoms with Gasteiger partial charge in [0.1, 0.15) is 0 Å². The summed E-state index contributed by atoms with van der Waals surface area (Å²) < 4.78 is 0. The van der Waals surface area contributed by atoms with Gasteiger partial charge in [-0.25, -0.2) is 0 Å². The number of carbonyl (C=O) groups is 1. The summed E-state index contributed by atoms with van der Waals surface area (Å²) in [6.07, 6.45) is 1.28. The van der Waals surface area contributed by atoms with Crippen LogP contribution in [0.25, 0.3) is 0 Å². The first-order chi connectivity index (χ1) is 11.1. The Balaban J connectivity index is 0. The Morgan fingerprint density at radius 1 is 1.00 bits per heavy atom. The van der Waals surface area contributed by atoms with Gasteiger partial charge in [0.15, 0.2) is 5.96 Å². The maximum atomic E-state index is 12.5. The summed E-state index contributed by atoms with van der Waals surface area (Å²) in [6, 6.07) is -0.501. The molecule has 142 valence electrons. The molecule has 0 aromatic heterocycles. The quantitative estimate of drug-likeness (QED) is 0.116. The van der Waals surface area contributed by atoms with Crippen LogP contribution >= 0.6 is 0 Å². The molecule has 0 aromatic carbocycles. The number of carbonyl (C=O) groups excluding carboxylic acids is 1. The number of amides is 1. The molecule has 0 radical (unpaired) electrons. The molecule has 0 spiro atoms. The molecule has 10 nitrogen and oxygen atoms in total. The molecule has 1 aliphatic rings. The van der Waals surface area contributed by atoms with Crippen LogP contribution in [0.3, 0.4) is 0 Å². The van der Waals surface area contributed by atoms with Gasteiger partial charge >= 0.3 is 19.5 Å². The van der Waals surface area contributed by atoms with E-state index in [1.54, 1.807) is 0 Å². The molecule has 25 heavy (non-hydrogen) atoms. The fourth-order valence-electron chi connectivity index (χ4n) is 2.37. The van der Waals surface area contributed by atoms with Crippen LogP contribution in [0.5, 0.6) is 0 Å². The molecule has 1 saturated heterocycles. The Morgan fingerprint density at radius 3 is 1.96 bits per heavy atom. The number of hydrogen-bond donors (Lipinski definition) is 6. The Bertz CT molecular complexity index is 357. The van der Waals surface area contributed by atoms with Crippen LogP contribution in [-0.4, -0.2) is 87.2 Å². The first-order valence-electron chi connectivity index (χ1n) is 8.33. The van der Waals surface area contributed by atoms with Gasteiger partial charge in [-0.2, -0.15) is 0 Å². The predicted molar refractivity (Wildman–Crippen MR) is 96.7 cm³/mol. The second-order valence-corrected chi connectivity index (χ2v) is 5.63. The van der Waals surface area contributed by atoms with Crippen LogP contribution in [0.15, 0.2) is 4.99 Å². The average Bonchev–Trinajstić information content (AvgIpc) is 2.51. The summed E-state index contributed by atoms with van der Waals surface area (Å²) in [4.78, 5) is 18.2. The van der Waals surface area contributed by atoms with Gasteiger partial charge in [0, 0.05) is 58.9 Å². The number of rotatable bonds is 5. The van der Waals surface area contributed by atoms with Gasteiger partial charge in [-0.05, 0) is 12.8 Å². The van der Waals surface area contributed by atoms with Crippen LogP contribution in [0.1, 0.15) is 12.8 Å². The zero-order chi connectivity index (χ0) is 16.9. The van der Waals surface area contributed by atoms with E-state index in [0.29, 0.717) is 32.5 Å². The van der Waals surface area contributed by atoms with Gasteiger partial charge in [0.25, 0.3) is 0 Å². The van der Waals surface area contributed by atoms with Crippen molar-refractivity contribution in [2.75, 3.05) is 58.9 Å². The summed E-state index contributed by atoms with van der Waals surface area (Å²) in [6.45, 7) is 7.03. The van der Waals surface area contributed by atoms with Gasteiger partial charge in [-0.1, -0.05) is 0 Å². The first kappa shape index (κ1) is 26.4. The molecule has 1 rings (SSSR count). The number of nitrogens with one attached hydrogen (secondary N) is 3. The van der Waals surface area contributed by atoms with Crippen molar-refractivity contribution in [2.24, 2.45) is 22.2 Å². The van der Waals surface area contributed by atoms with E-state index < -0.39 is 6.04 Å². The molecule has 11 heteroatoms. The SMILES string of the molecule is NC(N)=NCCC[C@H](N)C(=O)N1CCNCCNCCNCC1.O.[Zn+2].